The van der Waals surface area contributed by atoms with Crippen molar-refractivity contribution >= 4 is 11.7 Å². The van der Waals surface area contributed by atoms with Crippen molar-refractivity contribution < 1.29 is 24.1 Å². The van der Waals surface area contributed by atoms with Crippen LogP contribution in [0.3, 0.4) is 0 Å². The summed E-state index contributed by atoms with van der Waals surface area (Å²) in [5, 5.41) is 14.5. The van der Waals surface area contributed by atoms with Crippen LogP contribution in [0.1, 0.15) is 52.6 Å². The van der Waals surface area contributed by atoms with E-state index in [2.05, 4.69) is 5.32 Å². The molecule has 4 rings (SSSR count). The third-order valence-corrected chi connectivity index (χ3v) is 5.80. The van der Waals surface area contributed by atoms with Crippen molar-refractivity contribution in [1.29, 1.82) is 0 Å². The van der Waals surface area contributed by atoms with Crippen molar-refractivity contribution in [2.24, 2.45) is 4.99 Å². The molecule has 1 heterocycles. The molecular formula is C27H28N2O5. The Morgan fingerprint density at radius 1 is 1.09 bits per heavy atom. The second kappa shape index (κ2) is 10.4. The van der Waals surface area contributed by atoms with Gasteiger partial charge in [0, 0.05) is 23.7 Å². The van der Waals surface area contributed by atoms with E-state index >= 15 is 0 Å². The van der Waals surface area contributed by atoms with Gasteiger partial charge in [0.15, 0.2) is 11.5 Å². The number of phenolic OH excluding ortho intramolecular Hbond substituents is 1. The number of nitrogens with one attached hydrogen (secondary N) is 1. The van der Waals surface area contributed by atoms with E-state index in [0.717, 1.165) is 28.2 Å². The number of carbonyl (C=O) groups excluding carboxylic acids is 1. The molecule has 0 aromatic heterocycles. The molecule has 176 valence electrons. The van der Waals surface area contributed by atoms with Gasteiger partial charge in [-0.15, -0.1) is 0 Å². The quantitative estimate of drug-likeness (QED) is 0.492. The topological polar surface area (TPSA) is 89.4 Å². The predicted molar refractivity (Wildman–Crippen MR) is 130 cm³/mol. The lowest BCUT2D eigenvalue weighted by Gasteiger charge is -2.31. The van der Waals surface area contributed by atoms with Crippen molar-refractivity contribution in [2.75, 3.05) is 20.8 Å². The van der Waals surface area contributed by atoms with Gasteiger partial charge in [0.05, 0.1) is 26.4 Å². The summed E-state index contributed by atoms with van der Waals surface area (Å²) in [6.07, 6.45) is 0.175. The first kappa shape index (κ1) is 23.3. The second-order valence-electron chi connectivity index (χ2n) is 7.87. The van der Waals surface area contributed by atoms with E-state index in [-0.39, 0.29) is 23.9 Å². The van der Waals surface area contributed by atoms with Gasteiger partial charge in [0.25, 0.3) is 0 Å². The van der Waals surface area contributed by atoms with E-state index in [1.54, 1.807) is 25.3 Å². The zero-order valence-electron chi connectivity index (χ0n) is 19.4. The van der Waals surface area contributed by atoms with Crippen LogP contribution >= 0.6 is 0 Å². The van der Waals surface area contributed by atoms with Gasteiger partial charge in [0.2, 0.25) is 0 Å². The number of ether oxygens (including phenoxy) is 3. The Balaban J connectivity index is 1.74. The molecule has 0 bridgehead atoms. The first-order valence-electron chi connectivity index (χ1n) is 11.1. The summed E-state index contributed by atoms with van der Waals surface area (Å²) >= 11 is 0. The fraction of sp³-hybridized carbons (Fsp3) is 0.259. The average Bonchev–Trinajstić information content (AvgIpc) is 2.89. The Morgan fingerprint density at radius 2 is 1.85 bits per heavy atom. The monoisotopic (exact) mass is 460 g/mol. The van der Waals surface area contributed by atoms with Crippen LogP contribution in [-0.4, -0.2) is 37.6 Å². The van der Waals surface area contributed by atoms with Crippen molar-refractivity contribution in [2.45, 2.75) is 25.6 Å². The molecule has 34 heavy (non-hydrogen) atoms. The molecule has 7 heteroatoms. The maximum Gasteiger partial charge on any atom is 0.337 e. The van der Waals surface area contributed by atoms with Gasteiger partial charge >= 0.3 is 5.97 Å². The summed E-state index contributed by atoms with van der Waals surface area (Å²) in [6, 6.07) is 20.2. The molecule has 0 amide bonds. The van der Waals surface area contributed by atoms with E-state index in [4.69, 9.17) is 19.2 Å². The van der Waals surface area contributed by atoms with Gasteiger partial charge in [-0.05, 0) is 48.4 Å². The highest BCUT2D eigenvalue weighted by atomic mass is 16.5. The molecule has 2 atom stereocenters. The summed E-state index contributed by atoms with van der Waals surface area (Å²) < 4.78 is 15.8. The highest BCUT2D eigenvalue weighted by Gasteiger charge is 2.29. The molecule has 0 aliphatic carbocycles. The zero-order chi connectivity index (χ0) is 24.1. The smallest absolute Gasteiger partial charge is 0.337 e. The van der Waals surface area contributed by atoms with Crippen LogP contribution in [0.15, 0.2) is 71.7 Å². The summed E-state index contributed by atoms with van der Waals surface area (Å²) in [6.45, 7) is 2.34. The van der Waals surface area contributed by atoms with Crippen molar-refractivity contribution in [3.63, 3.8) is 0 Å². The highest BCUT2D eigenvalue weighted by Crippen LogP contribution is 2.39. The third kappa shape index (κ3) is 4.89. The number of aromatic hydroxyl groups is 1. The Labute approximate surface area is 199 Å². The molecule has 0 unspecified atom stereocenters. The number of benzene rings is 3. The number of aliphatic imine (C=N–C) groups is 1. The summed E-state index contributed by atoms with van der Waals surface area (Å²) in [7, 11) is 2.99. The number of nitrogens with zero attached hydrogens (tertiary/aromatic N) is 1. The Bertz CT molecular complexity index is 1190. The van der Waals surface area contributed by atoms with Gasteiger partial charge in [-0.3, -0.25) is 10.3 Å². The number of rotatable bonds is 7. The SMILES string of the molecule is CCOc1cccc([C@H]2CC(c3cccc(OC)c3)=N[C@H](c3ccc(C(=O)OC)cc3)N2)c1O. The highest BCUT2D eigenvalue weighted by molar-refractivity contribution is 6.02. The fourth-order valence-corrected chi connectivity index (χ4v) is 4.07. The largest absolute Gasteiger partial charge is 0.504 e. The average molecular weight is 461 g/mol. The summed E-state index contributed by atoms with van der Waals surface area (Å²) in [5.41, 5.74) is 3.92. The van der Waals surface area contributed by atoms with E-state index in [9.17, 15) is 9.90 Å². The Hall–Kier alpha value is -3.84. The molecule has 3 aromatic carbocycles. The van der Waals surface area contributed by atoms with Gasteiger partial charge in [0.1, 0.15) is 11.9 Å². The van der Waals surface area contributed by atoms with Gasteiger partial charge in [-0.25, -0.2) is 4.79 Å². The molecular weight excluding hydrogens is 432 g/mol. The van der Waals surface area contributed by atoms with Crippen molar-refractivity contribution in [3.8, 4) is 17.2 Å². The minimum absolute atomic E-state index is 0.119. The number of methoxy groups -OCH3 is 2. The van der Waals surface area contributed by atoms with Gasteiger partial charge < -0.3 is 19.3 Å². The number of esters is 1. The lowest BCUT2D eigenvalue weighted by atomic mass is 9.93. The van der Waals surface area contributed by atoms with Crippen LogP contribution < -0.4 is 14.8 Å². The van der Waals surface area contributed by atoms with Crippen molar-refractivity contribution in [1.82, 2.24) is 5.32 Å². The van der Waals surface area contributed by atoms with Crippen LogP contribution in [0.25, 0.3) is 0 Å². The van der Waals surface area contributed by atoms with Gasteiger partial charge in [-0.1, -0.05) is 36.4 Å². The van der Waals surface area contributed by atoms with Crippen LogP contribution in [0.2, 0.25) is 0 Å². The Kier molecular flexibility index (Phi) is 7.13. The van der Waals surface area contributed by atoms with Crippen LogP contribution in [0.4, 0.5) is 0 Å². The van der Waals surface area contributed by atoms with Gasteiger partial charge in [-0.2, -0.15) is 0 Å². The first-order chi connectivity index (χ1) is 16.5. The van der Waals surface area contributed by atoms with E-state index in [1.807, 2.05) is 55.5 Å². The lowest BCUT2D eigenvalue weighted by Crippen LogP contribution is -2.33. The second-order valence-corrected chi connectivity index (χ2v) is 7.87. The standard InChI is InChI=1S/C27H28N2O5/c1-4-34-24-10-6-9-21(25(24)30)23-16-22(19-7-5-8-20(15-19)32-2)28-26(29-23)17-11-13-18(14-12-17)27(31)33-3/h5-15,23,26,29-30H,4,16H2,1-3H3/t23-,26+/m1/s1. The molecule has 0 saturated heterocycles. The molecule has 0 radical (unpaired) electrons. The maximum atomic E-state index is 11.8. The number of hydrogen-bond donors (Lipinski definition) is 2. The summed E-state index contributed by atoms with van der Waals surface area (Å²) in [4.78, 5) is 16.8. The molecule has 0 spiro atoms. The van der Waals surface area contributed by atoms with Crippen LogP contribution in [0.5, 0.6) is 17.2 Å². The fourth-order valence-electron chi connectivity index (χ4n) is 4.07. The number of carbonyl (C=O) groups is 1. The molecule has 7 nitrogen and oxygen atoms in total. The van der Waals surface area contributed by atoms with E-state index < -0.39 is 0 Å². The molecule has 0 saturated carbocycles. The Morgan fingerprint density at radius 3 is 2.56 bits per heavy atom. The van der Waals surface area contributed by atoms with E-state index in [1.165, 1.54) is 7.11 Å². The summed E-state index contributed by atoms with van der Waals surface area (Å²) in [5.74, 6) is 0.925. The molecule has 0 fully saturated rings. The maximum absolute atomic E-state index is 11.8. The molecule has 2 N–H and O–H groups in total. The van der Waals surface area contributed by atoms with Crippen molar-refractivity contribution in [3.05, 3.63) is 89.0 Å². The number of para-hydroxylation sites is 1. The minimum atomic E-state index is -0.390. The molecule has 1 aliphatic heterocycles. The number of hydrogen-bond acceptors (Lipinski definition) is 7. The normalized spacial score (nSPS) is 17.6. The van der Waals surface area contributed by atoms with E-state index in [0.29, 0.717) is 24.3 Å². The predicted octanol–water partition coefficient (Wildman–Crippen LogP) is 4.81. The first-order valence-corrected chi connectivity index (χ1v) is 11.1. The van der Waals surface area contributed by atoms with Crippen LogP contribution in [0, 0.1) is 0 Å². The minimum Gasteiger partial charge on any atom is -0.504 e. The lowest BCUT2D eigenvalue weighted by molar-refractivity contribution is 0.0600. The zero-order valence-corrected chi connectivity index (χ0v) is 19.4. The molecule has 3 aromatic rings. The van der Waals surface area contributed by atoms with Crippen LogP contribution in [-0.2, 0) is 4.74 Å². The molecule has 1 aliphatic rings. The third-order valence-electron chi connectivity index (χ3n) is 5.80. The number of phenols is 1.